The molecule has 0 aliphatic rings. The summed E-state index contributed by atoms with van der Waals surface area (Å²) in [6.45, 7) is 1.79. The zero-order valence-corrected chi connectivity index (χ0v) is 11.2. The average molecular weight is 307 g/mol. The number of hydrogen-bond donors (Lipinski definition) is 2. The third-order valence-electron chi connectivity index (χ3n) is 2.41. The maximum Gasteiger partial charge on any atom is 0.274 e. The number of aromatic nitrogens is 1. The van der Waals surface area contributed by atoms with Gasteiger partial charge in [0.2, 0.25) is 0 Å². The molecule has 2 aromatic rings. The van der Waals surface area contributed by atoms with Gasteiger partial charge >= 0.3 is 0 Å². The summed E-state index contributed by atoms with van der Waals surface area (Å²) in [4.78, 5) is 15.9. The Bertz CT molecular complexity index is 599. The molecule has 18 heavy (non-hydrogen) atoms. The zero-order valence-electron chi connectivity index (χ0n) is 9.64. The largest absolute Gasteiger partial charge is 0.508 e. The second-order valence-corrected chi connectivity index (χ2v) is 4.61. The molecule has 1 aromatic heterocycles. The van der Waals surface area contributed by atoms with Crippen LogP contribution in [-0.4, -0.2) is 16.0 Å². The average Bonchev–Trinajstić information content (AvgIpc) is 2.34. The summed E-state index contributed by atoms with van der Waals surface area (Å²) in [6.07, 6.45) is 0. The van der Waals surface area contributed by atoms with E-state index in [0.29, 0.717) is 16.0 Å². The third kappa shape index (κ3) is 2.87. The number of phenolic OH excluding ortho intramolecular Hbond substituents is 1. The van der Waals surface area contributed by atoms with Crippen molar-refractivity contribution in [3.63, 3.8) is 0 Å². The van der Waals surface area contributed by atoms with Gasteiger partial charge < -0.3 is 10.4 Å². The van der Waals surface area contributed by atoms with Crippen LogP contribution in [0.2, 0.25) is 0 Å². The van der Waals surface area contributed by atoms with Gasteiger partial charge in [-0.2, -0.15) is 0 Å². The molecule has 0 fully saturated rings. The Kier molecular flexibility index (Phi) is 3.62. The Balaban J connectivity index is 2.18. The number of carbonyl (C=O) groups is 1. The molecule has 5 heteroatoms. The minimum Gasteiger partial charge on any atom is -0.508 e. The molecule has 1 amide bonds. The molecule has 0 saturated carbocycles. The summed E-state index contributed by atoms with van der Waals surface area (Å²) < 4.78 is 0.599. The minimum atomic E-state index is -0.320. The molecule has 92 valence electrons. The molecule has 0 spiro atoms. The number of aromatic hydroxyl groups is 1. The highest BCUT2D eigenvalue weighted by Gasteiger charge is 2.08. The number of pyridine rings is 1. The van der Waals surface area contributed by atoms with E-state index < -0.39 is 0 Å². The van der Waals surface area contributed by atoms with Crippen molar-refractivity contribution in [1.29, 1.82) is 0 Å². The van der Waals surface area contributed by atoms with Crippen LogP contribution in [0.3, 0.4) is 0 Å². The third-order valence-corrected chi connectivity index (χ3v) is 2.86. The molecule has 0 aliphatic heterocycles. The summed E-state index contributed by atoms with van der Waals surface area (Å²) in [5.74, 6) is -0.172. The first-order valence-corrected chi connectivity index (χ1v) is 6.09. The Morgan fingerprint density at radius 2 is 2.11 bits per heavy atom. The fourth-order valence-electron chi connectivity index (χ4n) is 1.42. The lowest BCUT2D eigenvalue weighted by Gasteiger charge is -2.06. The molecule has 2 N–H and O–H groups in total. The summed E-state index contributed by atoms with van der Waals surface area (Å²) >= 11 is 3.21. The van der Waals surface area contributed by atoms with Gasteiger partial charge in [0, 0.05) is 11.8 Å². The zero-order chi connectivity index (χ0) is 13.1. The maximum absolute atomic E-state index is 11.9. The second kappa shape index (κ2) is 5.18. The number of halogens is 1. The monoisotopic (exact) mass is 306 g/mol. The van der Waals surface area contributed by atoms with E-state index in [1.165, 1.54) is 6.07 Å². The van der Waals surface area contributed by atoms with E-state index in [0.717, 1.165) is 5.56 Å². The SMILES string of the molecule is Cc1ccc(NC(=O)c2cccc(Br)n2)cc1O. The number of nitrogens with one attached hydrogen (secondary N) is 1. The van der Waals surface area contributed by atoms with E-state index in [4.69, 9.17) is 0 Å². The highest BCUT2D eigenvalue weighted by atomic mass is 79.9. The van der Waals surface area contributed by atoms with Gasteiger partial charge in [-0.1, -0.05) is 12.1 Å². The van der Waals surface area contributed by atoms with Crippen LogP contribution < -0.4 is 5.32 Å². The molecule has 2 rings (SSSR count). The molecule has 0 saturated heterocycles. The number of amides is 1. The van der Waals surface area contributed by atoms with E-state index in [1.54, 1.807) is 37.3 Å². The second-order valence-electron chi connectivity index (χ2n) is 3.80. The van der Waals surface area contributed by atoms with Crippen LogP contribution in [0.4, 0.5) is 5.69 Å². The highest BCUT2D eigenvalue weighted by molar-refractivity contribution is 9.10. The van der Waals surface area contributed by atoms with Gasteiger partial charge in [-0.05, 0) is 46.6 Å². The number of hydrogen-bond acceptors (Lipinski definition) is 3. The molecular weight excluding hydrogens is 296 g/mol. The van der Waals surface area contributed by atoms with Crippen LogP contribution >= 0.6 is 15.9 Å². The van der Waals surface area contributed by atoms with Gasteiger partial charge in [-0.25, -0.2) is 4.98 Å². The lowest BCUT2D eigenvalue weighted by atomic mass is 10.2. The van der Waals surface area contributed by atoms with Crippen molar-refractivity contribution in [2.24, 2.45) is 0 Å². The molecule has 0 bridgehead atoms. The van der Waals surface area contributed by atoms with E-state index in [1.807, 2.05) is 0 Å². The maximum atomic E-state index is 11.9. The van der Waals surface area contributed by atoms with E-state index in [9.17, 15) is 9.90 Å². The van der Waals surface area contributed by atoms with E-state index in [2.05, 4.69) is 26.2 Å². The predicted molar refractivity (Wildman–Crippen MR) is 72.7 cm³/mol. The lowest BCUT2D eigenvalue weighted by molar-refractivity contribution is 0.102. The van der Waals surface area contributed by atoms with Crippen LogP contribution in [0.1, 0.15) is 16.1 Å². The van der Waals surface area contributed by atoms with Gasteiger partial charge in [0.25, 0.3) is 5.91 Å². The number of phenols is 1. The smallest absolute Gasteiger partial charge is 0.274 e. The number of anilines is 1. The van der Waals surface area contributed by atoms with Crippen molar-refractivity contribution in [1.82, 2.24) is 4.98 Å². The van der Waals surface area contributed by atoms with Gasteiger partial charge in [0.05, 0.1) is 0 Å². The number of benzene rings is 1. The lowest BCUT2D eigenvalue weighted by Crippen LogP contribution is -2.13. The topological polar surface area (TPSA) is 62.2 Å². The summed E-state index contributed by atoms with van der Waals surface area (Å²) in [7, 11) is 0. The van der Waals surface area contributed by atoms with Crippen molar-refractivity contribution < 1.29 is 9.90 Å². The first-order valence-electron chi connectivity index (χ1n) is 5.30. The number of carbonyl (C=O) groups excluding carboxylic acids is 1. The normalized spacial score (nSPS) is 10.1. The van der Waals surface area contributed by atoms with Gasteiger partial charge in [-0.15, -0.1) is 0 Å². The Hall–Kier alpha value is -1.88. The van der Waals surface area contributed by atoms with Crippen molar-refractivity contribution >= 4 is 27.5 Å². The molecule has 0 aliphatic carbocycles. The first-order chi connectivity index (χ1) is 8.56. The first kappa shape index (κ1) is 12.6. The van der Waals surface area contributed by atoms with Crippen LogP contribution in [-0.2, 0) is 0 Å². The number of aryl methyl sites for hydroxylation is 1. The van der Waals surface area contributed by atoms with Gasteiger partial charge in [-0.3, -0.25) is 4.79 Å². The molecule has 0 radical (unpaired) electrons. The molecule has 1 heterocycles. The number of rotatable bonds is 2. The van der Waals surface area contributed by atoms with Gasteiger partial charge in [0.1, 0.15) is 16.0 Å². The fraction of sp³-hybridized carbons (Fsp3) is 0.0769. The summed E-state index contributed by atoms with van der Waals surface area (Å²) in [5.41, 5.74) is 1.60. The molecule has 0 unspecified atom stereocenters. The Labute approximate surface area is 113 Å². The molecule has 4 nitrogen and oxygen atoms in total. The van der Waals surface area contributed by atoms with Crippen LogP contribution in [0.15, 0.2) is 41.0 Å². The van der Waals surface area contributed by atoms with Crippen LogP contribution in [0.25, 0.3) is 0 Å². The van der Waals surface area contributed by atoms with Crippen molar-refractivity contribution in [3.8, 4) is 5.75 Å². The summed E-state index contributed by atoms with van der Waals surface area (Å²) in [5, 5.41) is 12.2. The van der Waals surface area contributed by atoms with Crippen molar-refractivity contribution in [2.75, 3.05) is 5.32 Å². The molecule has 1 aromatic carbocycles. The quantitative estimate of drug-likeness (QED) is 0.838. The van der Waals surface area contributed by atoms with Crippen LogP contribution in [0, 0.1) is 6.92 Å². The van der Waals surface area contributed by atoms with E-state index in [-0.39, 0.29) is 11.7 Å². The van der Waals surface area contributed by atoms with Crippen molar-refractivity contribution in [3.05, 3.63) is 52.3 Å². The molecular formula is C13H11BrN2O2. The fourth-order valence-corrected chi connectivity index (χ4v) is 1.76. The van der Waals surface area contributed by atoms with Gasteiger partial charge in [0.15, 0.2) is 0 Å². The highest BCUT2D eigenvalue weighted by Crippen LogP contribution is 2.21. The Morgan fingerprint density at radius 3 is 2.78 bits per heavy atom. The predicted octanol–water partition coefficient (Wildman–Crippen LogP) is 3.11. The van der Waals surface area contributed by atoms with Crippen molar-refractivity contribution in [2.45, 2.75) is 6.92 Å². The standard InChI is InChI=1S/C13H11BrN2O2/c1-8-5-6-9(7-11(8)17)15-13(18)10-3-2-4-12(14)16-10/h2-7,17H,1H3,(H,15,18). The Morgan fingerprint density at radius 1 is 1.33 bits per heavy atom. The summed E-state index contributed by atoms with van der Waals surface area (Å²) in [6, 6.07) is 10.1. The number of nitrogens with zero attached hydrogens (tertiary/aromatic N) is 1. The molecule has 0 atom stereocenters. The minimum absolute atomic E-state index is 0.148. The van der Waals surface area contributed by atoms with E-state index >= 15 is 0 Å². The van der Waals surface area contributed by atoms with Crippen LogP contribution in [0.5, 0.6) is 5.75 Å².